The molecule has 0 spiro atoms. The van der Waals surface area contributed by atoms with Gasteiger partial charge in [0.05, 0.1) is 16.1 Å². The maximum atomic E-state index is 13.2. The topological polar surface area (TPSA) is 67.6 Å². The minimum absolute atomic E-state index is 0.108. The number of hydrogen-bond acceptors (Lipinski definition) is 6. The van der Waals surface area contributed by atoms with Crippen LogP contribution in [-0.4, -0.2) is 50.4 Å². The molecule has 1 N–H and O–H groups in total. The first kappa shape index (κ1) is 21.8. The fraction of sp³-hybridized carbons (Fsp3) is 0.481. The number of fused-ring (bicyclic) bond motifs is 3. The van der Waals surface area contributed by atoms with Gasteiger partial charge in [-0.2, -0.15) is 0 Å². The number of benzene rings is 1. The van der Waals surface area contributed by atoms with E-state index < -0.39 is 5.60 Å². The molecular formula is C27H29N3O3S. The third-order valence-electron chi connectivity index (χ3n) is 7.76. The summed E-state index contributed by atoms with van der Waals surface area (Å²) in [6.07, 6.45) is 9.98. The highest BCUT2D eigenvalue weighted by Crippen LogP contribution is 2.36. The van der Waals surface area contributed by atoms with Gasteiger partial charge in [0.25, 0.3) is 5.56 Å². The molecule has 6 nitrogen and oxygen atoms in total. The number of aromatic nitrogens is 2. The second-order valence-corrected chi connectivity index (χ2v) is 11.0. The van der Waals surface area contributed by atoms with E-state index in [1.165, 1.54) is 24.2 Å². The quantitative estimate of drug-likeness (QED) is 0.578. The summed E-state index contributed by atoms with van der Waals surface area (Å²) in [5, 5.41) is 10.5. The molecule has 0 unspecified atom stereocenters. The van der Waals surface area contributed by atoms with Crippen molar-refractivity contribution in [3.8, 4) is 23.3 Å². The Kier molecular flexibility index (Phi) is 5.48. The highest BCUT2D eigenvalue weighted by atomic mass is 32.1. The van der Waals surface area contributed by atoms with E-state index in [1.807, 2.05) is 30.3 Å². The molecule has 3 fully saturated rings. The van der Waals surface area contributed by atoms with E-state index in [9.17, 15) is 9.90 Å². The van der Waals surface area contributed by atoms with Crippen molar-refractivity contribution in [2.24, 2.45) is 0 Å². The zero-order valence-corrected chi connectivity index (χ0v) is 20.2. The first-order valence-electron chi connectivity index (χ1n) is 12.2. The van der Waals surface area contributed by atoms with Gasteiger partial charge in [0.2, 0.25) is 0 Å². The van der Waals surface area contributed by atoms with Crippen LogP contribution in [0.3, 0.4) is 0 Å². The number of hydrogen-bond donors (Lipinski definition) is 1. The molecule has 4 heterocycles. The molecule has 2 saturated heterocycles. The van der Waals surface area contributed by atoms with Crippen LogP contribution in [0.4, 0.5) is 0 Å². The fourth-order valence-corrected chi connectivity index (χ4v) is 6.65. The van der Waals surface area contributed by atoms with Crippen LogP contribution in [0.25, 0.3) is 15.9 Å². The fourth-order valence-electron chi connectivity index (χ4n) is 5.76. The maximum Gasteiger partial charge on any atom is 0.275 e. The molecule has 0 amide bonds. The Morgan fingerprint density at radius 3 is 2.56 bits per heavy atom. The molecule has 1 saturated carbocycles. The Morgan fingerprint density at radius 2 is 1.85 bits per heavy atom. The van der Waals surface area contributed by atoms with E-state index in [-0.39, 0.29) is 11.7 Å². The van der Waals surface area contributed by atoms with Gasteiger partial charge in [0.1, 0.15) is 28.5 Å². The summed E-state index contributed by atoms with van der Waals surface area (Å²) in [5.41, 5.74) is 0.409. The van der Waals surface area contributed by atoms with E-state index in [2.05, 4.69) is 28.8 Å². The largest absolute Gasteiger partial charge is 0.490 e. The van der Waals surface area contributed by atoms with E-state index in [1.54, 1.807) is 10.9 Å². The van der Waals surface area contributed by atoms with Gasteiger partial charge in [-0.05, 0) is 88.7 Å². The molecule has 1 aliphatic carbocycles. The lowest BCUT2D eigenvalue weighted by Gasteiger charge is -2.36. The summed E-state index contributed by atoms with van der Waals surface area (Å²) in [7, 11) is 2.23. The van der Waals surface area contributed by atoms with Crippen molar-refractivity contribution < 1.29 is 9.84 Å². The average Bonchev–Trinajstić information content (AvgIpc) is 3.50. The van der Waals surface area contributed by atoms with Crippen LogP contribution in [0.15, 0.2) is 41.5 Å². The predicted octanol–water partition coefficient (Wildman–Crippen LogP) is 4.11. The van der Waals surface area contributed by atoms with Crippen LogP contribution in [0.5, 0.6) is 5.75 Å². The molecule has 6 rings (SSSR count). The lowest BCUT2D eigenvalue weighted by Crippen LogP contribution is -2.43. The Hall–Kier alpha value is -2.66. The molecule has 3 aliphatic rings. The van der Waals surface area contributed by atoms with Gasteiger partial charge in [0.15, 0.2) is 0 Å². The number of nitrogens with zero attached hydrogens (tertiary/aromatic N) is 3. The van der Waals surface area contributed by atoms with Gasteiger partial charge in [0, 0.05) is 12.1 Å². The smallest absolute Gasteiger partial charge is 0.275 e. The molecule has 3 aromatic rings. The Balaban J connectivity index is 1.20. The van der Waals surface area contributed by atoms with Gasteiger partial charge < -0.3 is 14.7 Å². The van der Waals surface area contributed by atoms with Crippen molar-refractivity contribution in [1.82, 2.24) is 14.5 Å². The zero-order chi connectivity index (χ0) is 23.3. The number of aliphatic hydroxyl groups is 1. The van der Waals surface area contributed by atoms with Gasteiger partial charge in [-0.3, -0.25) is 9.36 Å². The summed E-state index contributed by atoms with van der Waals surface area (Å²) < 4.78 is 8.44. The van der Waals surface area contributed by atoms with Crippen LogP contribution in [0, 0.1) is 11.8 Å². The van der Waals surface area contributed by atoms with Crippen molar-refractivity contribution >= 4 is 21.6 Å². The van der Waals surface area contributed by atoms with Gasteiger partial charge >= 0.3 is 0 Å². The Morgan fingerprint density at radius 1 is 1.15 bits per heavy atom. The van der Waals surface area contributed by atoms with Gasteiger partial charge in [-0.1, -0.05) is 11.8 Å². The third-order valence-corrected chi connectivity index (χ3v) is 8.79. The maximum absolute atomic E-state index is 13.2. The molecule has 34 heavy (non-hydrogen) atoms. The van der Waals surface area contributed by atoms with E-state index in [0.717, 1.165) is 42.0 Å². The van der Waals surface area contributed by atoms with Crippen molar-refractivity contribution in [1.29, 1.82) is 0 Å². The second-order valence-electron chi connectivity index (χ2n) is 9.99. The highest BCUT2D eigenvalue weighted by Gasteiger charge is 2.39. The van der Waals surface area contributed by atoms with Crippen molar-refractivity contribution in [3.05, 3.63) is 51.9 Å². The van der Waals surface area contributed by atoms with Crippen LogP contribution >= 0.6 is 11.3 Å². The molecule has 3 atom stereocenters. The number of ether oxygens (including phenoxy) is 1. The lowest BCUT2D eigenvalue weighted by atomic mass is 10.0. The summed E-state index contributed by atoms with van der Waals surface area (Å²) in [6, 6.07) is 10.8. The predicted molar refractivity (Wildman–Crippen MR) is 134 cm³/mol. The molecule has 2 aromatic heterocycles. The zero-order valence-electron chi connectivity index (χ0n) is 19.4. The van der Waals surface area contributed by atoms with Gasteiger partial charge in [-0.15, -0.1) is 11.3 Å². The highest BCUT2D eigenvalue weighted by molar-refractivity contribution is 7.19. The first-order valence-corrected chi connectivity index (χ1v) is 13.0. The van der Waals surface area contributed by atoms with Crippen molar-refractivity contribution in [2.45, 2.75) is 75.2 Å². The van der Waals surface area contributed by atoms with Crippen molar-refractivity contribution in [3.63, 3.8) is 0 Å². The number of piperidine rings is 1. The monoisotopic (exact) mass is 475 g/mol. The van der Waals surface area contributed by atoms with Crippen LogP contribution in [0.1, 0.15) is 56.2 Å². The Bertz CT molecular complexity index is 1310. The molecule has 2 aliphatic heterocycles. The first-order chi connectivity index (χ1) is 16.5. The SMILES string of the molecule is CN1[C@@H]2CC[C@H]1C[C@@H](Oc1ccc(-n3cnc4cc(C#CC5(O)CCCC5)sc4c3=O)cc1)C2. The number of thiophene rings is 1. The van der Waals surface area contributed by atoms with Gasteiger partial charge in [-0.25, -0.2) is 4.98 Å². The molecule has 7 heteroatoms. The van der Waals surface area contributed by atoms with Crippen LogP contribution in [-0.2, 0) is 0 Å². The third kappa shape index (κ3) is 4.04. The standard InChI is InChI=1S/C27H29N3O3S/c1-29-19-4-5-20(29)15-22(14-19)33-21-8-6-18(7-9-21)30-17-28-24-16-23(34-25(24)26(30)31)10-13-27(32)11-2-3-12-27/h6-9,16-17,19-20,22,32H,2-5,11-12,14-15H2,1H3/t19-,20+,22+. The summed E-state index contributed by atoms with van der Waals surface area (Å²) in [4.78, 5) is 20.9. The molecule has 0 radical (unpaired) electrons. The van der Waals surface area contributed by atoms with Crippen molar-refractivity contribution in [2.75, 3.05) is 7.05 Å². The minimum atomic E-state index is -0.888. The van der Waals surface area contributed by atoms with Crippen LogP contribution < -0.4 is 10.3 Å². The molecule has 2 bridgehead atoms. The number of rotatable bonds is 3. The normalized spacial score (nSPS) is 25.9. The lowest BCUT2D eigenvalue weighted by molar-refractivity contribution is 0.0662. The minimum Gasteiger partial charge on any atom is -0.490 e. The summed E-state index contributed by atoms with van der Waals surface area (Å²) in [5.74, 6) is 6.93. The van der Waals surface area contributed by atoms with E-state index >= 15 is 0 Å². The second kappa shape index (κ2) is 8.53. The van der Waals surface area contributed by atoms with E-state index in [4.69, 9.17) is 4.74 Å². The molecule has 176 valence electrons. The van der Waals surface area contributed by atoms with E-state index in [0.29, 0.717) is 35.1 Å². The average molecular weight is 476 g/mol. The summed E-state index contributed by atoms with van der Waals surface area (Å²) in [6.45, 7) is 0. The van der Waals surface area contributed by atoms with Crippen LogP contribution in [0.2, 0.25) is 0 Å². The summed E-state index contributed by atoms with van der Waals surface area (Å²) >= 11 is 1.34. The molecular weight excluding hydrogens is 446 g/mol. The molecule has 1 aromatic carbocycles. The Labute approximate surface area is 203 Å².